The van der Waals surface area contributed by atoms with Crippen molar-refractivity contribution in [3.8, 4) is 11.8 Å². The van der Waals surface area contributed by atoms with E-state index < -0.39 is 41.6 Å². The van der Waals surface area contributed by atoms with Gasteiger partial charge in [0.05, 0.1) is 6.10 Å². The maximum absolute atomic E-state index is 15.0. The van der Waals surface area contributed by atoms with Crippen molar-refractivity contribution in [2.75, 3.05) is 0 Å². The van der Waals surface area contributed by atoms with E-state index in [-0.39, 0.29) is 0 Å². The molecule has 1 aliphatic rings. The van der Waals surface area contributed by atoms with Gasteiger partial charge in [0.2, 0.25) is 5.67 Å². The van der Waals surface area contributed by atoms with E-state index in [4.69, 9.17) is 4.74 Å². The molecule has 2 rings (SSSR count). The summed E-state index contributed by atoms with van der Waals surface area (Å²) in [7, 11) is 0. The quantitative estimate of drug-likeness (QED) is 0.560. The molecule has 9 heteroatoms. The highest BCUT2D eigenvalue weighted by Gasteiger charge is 2.59. The molecule has 2 heterocycles. The van der Waals surface area contributed by atoms with Crippen molar-refractivity contribution in [1.82, 2.24) is 14.5 Å². The highest BCUT2D eigenvalue weighted by Crippen LogP contribution is 2.41. The zero-order chi connectivity index (χ0) is 15.8. The van der Waals surface area contributed by atoms with Crippen LogP contribution in [-0.2, 0) is 4.74 Å². The monoisotopic (exact) mass is 299 g/mol. The summed E-state index contributed by atoms with van der Waals surface area (Å²) < 4.78 is 20.9. The Hall–Kier alpha value is -2.02. The fourth-order valence-corrected chi connectivity index (χ4v) is 2.20. The number of aliphatic hydroxyl groups excluding tert-OH is 2. The molecule has 5 atom stereocenters. The van der Waals surface area contributed by atoms with Gasteiger partial charge in [0.1, 0.15) is 18.5 Å². The summed E-state index contributed by atoms with van der Waals surface area (Å²) in [5.74, 6) is 4.48. The van der Waals surface area contributed by atoms with Crippen LogP contribution in [0.25, 0.3) is 0 Å². The molecule has 1 aromatic heterocycles. The summed E-state index contributed by atoms with van der Waals surface area (Å²) >= 11 is 0. The number of halogens is 1. The summed E-state index contributed by atoms with van der Waals surface area (Å²) in [5, 5.41) is 19.6. The molecule has 0 amide bonds. The summed E-state index contributed by atoms with van der Waals surface area (Å²) in [4.78, 5) is 27.9. The molecule has 0 aliphatic carbocycles. The number of ether oxygens (including phenoxy) is 1. The second-order valence-corrected chi connectivity index (χ2v) is 4.67. The summed E-state index contributed by atoms with van der Waals surface area (Å²) in [5.41, 5.74) is -4.48. The van der Waals surface area contributed by atoms with Crippen LogP contribution >= 0.6 is 0 Å². The van der Waals surface area contributed by atoms with E-state index in [1.54, 1.807) is 0 Å². The largest absolute Gasteiger partial charge is 0.391 e. The number of rotatable bonds is 2. The zero-order valence-electron chi connectivity index (χ0n) is 11.3. The maximum Gasteiger partial charge on any atom is 0.350 e. The van der Waals surface area contributed by atoms with Crippen molar-refractivity contribution in [2.24, 2.45) is 0 Å². The van der Waals surface area contributed by atoms with Gasteiger partial charge in [-0.2, -0.15) is 4.98 Å². The number of aromatic amines is 1. The van der Waals surface area contributed by atoms with Gasteiger partial charge in [0, 0.05) is 0 Å². The Bertz CT molecular complexity index is 703. The molecule has 3 N–H and O–H groups in total. The van der Waals surface area contributed by atoms with Crippen LogP contribution in [0.3, 0.4) is 0 Å². The van der Waals surface area contributed by atoms with Gasteiger partial charge in [0.25, 0.3) is 0 Å². The molecule has 0 aromatic carbocycles. The summed E-state index contributed by atoms with van der Waals surface area (Å²) in [6.07, 6.45) is -5.08. The van der Waals surface area contributed by atoms with Gasteiger partial charge in [-0.25, -0.2) is 14.0 Å². The minimum absolute atomic E-state index is 0.678. The van der Waals surface area contributed by atoms with Crippen LogP contribution in [-0.4, -0.2) is 48.7 Å². The molecule has 0 saturated carbocycles. The van der Waals surface area contributed by atoms with Crippen molar-refractivity contribution in [3.05, 3.63) is 27.3 Å². The zero-order valence-corrected chi connectivity index (χ0v) is 11.3. The molecular formula is C12H14FN3O5. The van der Waals surface area contributed by atoms with Crippen LogP contribution in [0.15, 0.2) is 15.9 Å². The number of hydrogen-bond donors (Lipinski definition) is 3. The van der Waals surface area contributed by atoms with Crippen LogP contribution < -0.4 is 11.4 Å². The predicted molar refractivity (Wildman–Crippen MR) is 68.0 cm³/mol. The SMILES string of the molecule is CC#CC1(F)[C@@H](O)[C@@H]([C@@H](C)O)O[C@H]1n1cnc(=O)[nH]c1=O. The lowest BCUT2D eigenvalue weighted by atomic mass is 9.94. The minimum Gasteiger partial charge on any atom is -0.391 e. The molecule has 1 aliphatic heterocycles. The lowest BCUT2D eigenvalue weighted by Gasteiger charge is -2.23. The second-order valence-electron chi connectivity index (χ2n) is 4.67. The Balaban J connectivity index is 2.56. The van der Waals surface area contributed by atoms with E-state index in [1.165, 1.54) is 13.8 Å². The van der Waals surface area contributed by atoms with Crippen molar-refractivity contribution in [3.63, 3.8) is 0 Å². The highest BCUT2D eigenvalue weighted by atomic mass is 19.1. The van der Waals surface area contributed by atoms with E-state index in [0.717, 1.165) is 6.33 Å². The smallest absolute Gasteiger partial charge is 0.350 e. The molecule has 0 bridgehead atoms. The lowest BCUT2D eigenvalue weighted by molar-refractivity contribution is -0.0807. The average Bonchev–Trinajstić information content (AvgIpc) is 2.64. The van der Waals surface area contributed by atoms with Gasteiger partial charge in [-0.05, 0) is 13.8 Å². The van der Waals surface area contributed by atoms with Crippen molar-refractivity contribution in [2.45, 2.75) is 44.1 Å². The Morgan fingerprint density at radius 3 is 2.81 bits per heavy atom. The third kappa shape index (κ3) is 2.49. The molecule has 21 heavy (non-hydrogen) atoms. The first-order valence-corrected chi connectivity index (χ1v) is 6.13. The van der Waals surface area contributed by atoms with Gasteiger partial charge in [-0.3, -0.25) is 9.55 Å². The molecular weight excluding hydrogens is 285 g/mol. The van der Waals surface area contributed by atoms with Crippen molar-refractivity contribution >= 4 is 0 Å². The van der Waals surface area contributed by atoms with Crippen LogP contribution in [0.5, 0.6) is 0 Å². The predicted octanol–water partition coefficient (Wildman–Crippen LogP) is -1.70. The van der Waals surface area contributed by atoms with E-state index >= 15 is 4.39 Å². The lowest BCUT2D eigenvalue weighted by Crippen LogP contribution is -2.46. The first-order chi connectivity index (χ1) is 9.81. The second kappa shape index (κ2) is 5.40. The number of H-pyrrole nitrogens is 1. The number of nitrogens with one attached hydrogen (secondary N) is 1. The number of aromatic nitrogens is 3. The van der Waals surface area contributed by atoms with E-state index in [0.29, 0.717) is 4.57 Å². The molecule has 8 nitrogen and oxygen atoms in total. The van der Waals surface area contributed by atoms with Gasteiger partial charge in [-0.15, -0.1) is 5.92 Å². The number of aliphatic hydroxyl groups is 2. The summed E-state index contributed by atoms with van der Waals surface area (Å²) in [6, 6.07) is 0. The van der Waals surface area contributed by atoms with Crippen molar-refractivity contribution in [1.29, 1.82) is 0 Å². The maximum atomic E-state index is 15.0. The fraction of sp³-hybridized carbons (Fsp3) is 0.583. The van der Waals surface area contributed by atoms with E-state index in [9.17, 15) is 19.8 Å². The van der Waals surface area contributed by atoms with E-state index in [2.05, 4.69) is 16.8 Å². The third-order valence-corrected chi connectivity index (χ3v) is 3.18. The number of nitrogens with zero attached hydrogens (tertiary/aromatic N) is 2. The van der Waals surface area contributed by atoms with Gasteiger partial charge in [-0.1, -0.05) is 5.92 Å². The van der Waals surface area contributed by atoms with Crippen LogP contribution in [0.4, 0.5) is 4.39 Å². The molecule has 0 radical (unpaired) electrons. The Labute approximate surface area is 118 Å². The molecule has 1 fully saturated rings. The number of hydrogen-bond acceptors (Lipinski definition) is 6. The van der Waals surface area contributed by atoms with Crippen LogP contribution in [0.1, 0.15) is 20.1 Å². The fourth-order valence-electron chi connectivity index (χ4n) is 2.20. The molecule has 1 unspecified atom stereocenters. The van der Waals surface area contributed by atoms with Gasteiger partial charge in [0.15, 0.2) is 6.23 Å². The Morgan fingerprint density at radius 1 is 1.62 bits per heavy atom. The molecule has 114 valence electrons. The minimum atomic E-state index is -2.62. The molecule has 1 aromatic rings. The molecule has 1 saturated heterocycles. The third-order valence-electron chi connectivity index (χ3n) is 3.18. The van der Waals surface area contributed by atoms with Gasteiger partial charge >= 0.3 is 11.4 Å². The normalized spacial score (nSPS) is 33.3. The number of alkyl halides is 1. The molecule has 0 spiro atoms. The first kappa shape index (κ1) is 15.4. The Kier molecular flexibility index (Phi) is 3.95. The summed E-state index contributed by atoms with van der Waals surface area (Å²) in [6.45, 7) is 2.67. The average molecular weight is 299 g/mol. The topological polar surface area (TPSA) is 117 Å². The highest BCUT2D eigenvalue weighted by molar-refractivity contribution is 5.22. The standard InChI is InChI=1S/C12H14FN3O5/c1-3-4-12(13)8(18)7(6(2)17)21-9(12)16-5-14-10(19)15-11(16)20/h5-9,17-18H,1-2H3,(H,15,19,20)/t6-,7-,8+,9-,12?/m1/s1. The van der Waals surface area contributed by atoms with Crippen LogP contribution in [0, 0.1) is 11.8 Å². The van der Waals surface area contributed by atoms with Gasteiger partial charge < -0.3 is 14.9 Å². The van der Waals surface area contributed by atoms with E-state index in [1.807, 2.05) is 4.98 Å². The first-order valence-electron chi connectivity index (χ1n) is 6.13. The van der Waals surface area contributed by atoms with Crippen LogP contribution in [0.2, 0.25) is 0 Å². The Morgan fingerprint density at radius 2 is 2.29 bits per heavy atom. The van der Waals surface area contributed by atoms with Crippen molar-refractivity contribution < 1.29 is 19.3 Å².